The average Bonchev–Trinajstić information content (AvgIpc) is 2.49. The third kappa shape index (κ3) is 3.98. The summed E-state index contributed by atoms with van der Waals surface area (Å²) in [6.07, 6.45) is 3.20. The minimum Gasteiger partial charge on any atom is -0.492 e. The highest BCUT2D eigenvalue weighted by Gasteiger charge is 2.07. The molecule has 0 spiro atoms. The number of nitrogens with zero attached hydrogens (tertiary/aromatic N) is 1. The Labute approximate surface area is 117 Å². The van der Waals surface area contributed by atoms with E-state index in [1.165, 1.54) is 0 Å². The van der Waals surface area contributed by atoms with Gasteiger partial charge in [-0.2, -0.15) is 0 Å². The number of hydrogen-bond acceptors (Lipinski definition) is 4. The molecule has 2 rings (SSSR count). The molecule has 5 nitrogen and oxygen atoms in total. The van der Waals surface area contributed by atoms with Gasteiger partial charge in [0.2, 0.25) is 0 Å². The first-order valence-corrected chi connectivity index (χ1v) is 6.34. The van der Waals surface area contributed by atoms with E-state index < -0.39 is 0 Å². The van der Waals surface area contributed by atoms with Crippen molar-refractivity contribution in [1.29, 1.82) is 0 Å². The lowest BCUT2D eigenvalue weighted by atomic mass is 10.3. The summed E-state index contributed by atoms with van der Waals surface area (Å²) < 4.78 is 10.8. The van der Waals surface area contributed by atoms with Gasteiger partial charge in [0, 0.05) is 6.20 Å². The fraction of sp³-hybridized carbons (Fsp3) is 0.200. The van der Waals surface area contributed by atoms with E-state index in [0.717, 1.165) is 0 Å². The van der Waals surface area contributed by atoms with Gasteiger partial charge in [-0.3, -0.25) is 9.78 Å². The largest absolute Gasteiger partial charge is 0.492 e. The molecule has 0 aliphatic rings. The summed E-state index contributed by atoms with van der Waals surface area (Å²) in [5.41, 5.74) is 0.633. The van der Waals surface area contributed by atoms with Gasteiger partial charge in [0.05, 0.1) is 18.5 Å². The number of para-hydroxylation sites is 2. The predicted octanol–water partition coefficient (Wildman–Crippen LogP) is 2.50. The standard InChI is InChI=1S/C15H16N2O3/c1-2-19-14-8-4-3-7-13(14)17-15(18)11-20-12-6-5-9-16-10-12/h3-10H,2,11H2,1H3,(H,17,18). The van der Waals surface area contributed by atoms with E-state index >= 15 is 0 Å². The minimum absolute atomic E-state index is 0.0772. The van der Waals surface area contributed by atoms with Crippen LogP contribution in [-0.2, 0) is 4.79 Å². The monoisotopic (exact) mass is 272 g/mol. The maximum atomic E-state index is 11.8. The SMILES string of the molecule is CCOc1ccccc1NC(=O)COc1cccnc1. The number of ether oxygens (including phenoxy) is 2. The summed E-state index contributed by atoms with van der Waals surface area (Å²) in [5, 5.41) is 2.76. The highest BCUT2D eigenvalue weighted by Crippen LogP contribution is 2.23. The highest BCUT2D eigenvalue weighted by molar-refractivity contribution is 5.93. The van der Waals surface area contributed by atoms with Gasteiger partial charge in [-0.25, -0.2) is 0 Å². The van der Waals surface area contributed by atoms with Gasteiger partial charge in [-0.1, -0.05) is 12.1 Å². The third-order valence-corrected chi connectivity index (χ3v) is 2.47. The summed E-state index contributed by atoms with van der Waals surface area (Å²) in [6.45, 7) is 2.36. The quantitative estimate of drug-likeness (QED) is 0.877. The maximum absolute atomic E-state index is 11.8. The molecule has 0 radical (unpaired) electrons. The molecule has 5 heteroatoms. The second kappa shape index (κ2) is 7.13. The summed E-state index contributed by atoms with van der Waals surface area (Å²) in [5.74, 6) is 0.950. The zero-order valence-electron chi connectivity index (χ0n) is 11.2. The van der Waals surface area contributed by atoms with Crippen LogP contribution in [0, 0.1) is 0 Å². The predicted molar refractivity (Wildman–Crippen MR) is 76.0 cm³/mol. The van der Waals surface area contributed by atoms with Crippen molar-refractivity contribution in [1.82, 2.24) is 4.98 Å². The van der Waals surface area contributed by atoms with Crippen molar-refractivity contribution < 1.29 is 14.3 Å². The summed E-state index contributed by atoms with van der Waals surface area (Å²) in [7, 11) is 0. The van der Waals surface area contributed by atoms with E-state index in [0.29, 0.717) is 23.8 Å². The van der Waals surface area contributed by atoms with E-state index in [-0.39, 0.29) is 12.5 Å². The first-order chi connectivity index (χ1) is 9.79. The van der Waals surface area contributed by atoms with Gasteiger partial charge in [-0.05, 0) is 31.2 Å². The van der Waals surface area contributed by atoms with Crippen LogP contribution < -0.4 is 14.8 Å². The van der Waals surface area contributed by atoms with Gasteiger partial charge in [0.15, 0.2) is 6.61 Å². The molecular formula is C15H16N2O3. The third-order valence-electron chi connectivity index (χ3n) is 2.47. The smallest absolute Gasteiger partial charge is 0.262 e. The zero-order chi connectivity index (χ0) is 14.2. The first kappa shape index (κ1) is 13.9. The van der Waals surface area contributed by atoms with Crippen LogP contribution in [0.2, 0.25) is 0 Å². The Hall–Kier alpha value is -2.56. The molecule has 1 heterocycles. The fourth-order valence-electron chi connectivity index (χ4n) is 1.62. The van der Waals surface area contributed by atoms with E-state index in [9.17, 15) is 4.79 Å². The van der Waals surface area contributed by atoms with Gasteiger partial charge >= 0.3 is 0 Å². The van der Waals surface area contributed by atoms with Crippen molar-refractivity contribution >= 4 is 11.6 Å². The lowest BCUT2D eigenvalue weighted by Crippen LogP contribution is -2.20. The highest BCUT2D eigenvalue weighted by atomic mass is 16.5. The second-order valence-corrected chi connectivity index (χ2v) is 3.95. The number of anilines is 1. The number of carbonyl (C=O) groups is 1. The maximum Gasteiger partial charge on any atom is 0.262 e. The Bertz CT molecular complexity index is 558. The number of carbonyl (C=O) groups excluding carboxylic acids is 1. The fourth-order valence-corrected chi connectivity index (χ4v) is 1.62. The molecule has 2 aromatic rings. The number of aromatic nitrogens is 1. The number of pyridine rings is 1. The van der Waals surface area contributed by atoms with Gasteiger partial charge in [0.1, 0.15) is 11.5 Å². The Morgan fingerprint density at radius 3 is 2.80 bits per heavy atom. The minimum atomic E-state index is -0.249. The lowest BCUT2D eigenvalue weighted by Gasteiger charge is -2.11. The molecule has 0 aliphatic heterocycles. The second-order valence-electron chi connectivity index (χ2n) is 3.95. The molecule has 0 saturated carbocycles. The van der Waals surface area contributed by atoms with Gasteiger partial charge in [-0.15, -0.1) is 0 Å². The van der Waals surface area contributed by atoms with E-state index in [1.54, 1.807) is 36.7 Å². The number of rotatable bonds is 6. The number of nitrogens with one attached hydrogen (secondary N) is 1. The lowest BCUT2D eigenvalue weighted by molar-refractivity contribution is -0.118. The molecule has 0 bridgehead atoms. The molecule has 104 valence electrons. The molecule has 0 atom stereocenters. The van der Waals surface area contributed by atoms with Crippen molar-refractivity contribution in [2.45, 2.75) is 6.92 Å². The first-order valence-electron chi connectivity index (χ1n) is 6.34. The van der Waals surface area contributed by atoms with Crippen molar-refractivity contribution in [3.63, 3.8) is 0 Å². The van der Waals surface area contributed by atoms with Crippen LogP contribution in [0.1, 0.15) is 6.92 Å². The Morgan fingerprint density at radius 1 is 1.20 bits per heavy atom. The van der Waals surface area contributed by atoms with Crippen LogP contribution >= 0.6 is 0 Å². The van der Waals surface area contributed by atoms with Crippen LogP contribution in [-0.4, -0.2) is 24.1 Å². The van der Waals surface area contributed by atoms with Crippen molar-refractivity contribution in [2.24, 2.45) is 0 Å². The van der Waals surface area contributed by atoms with Crippen molar-refractivity contribution in [2.75, 3.05) is 18.5 Å². The van der Waals surface area contributed by atoms with Crippen LogP contribution in [0.15, 0.2) is 48.8 Å². The molecule has 0 aliphatic carbocycles. The van der Waals surface area contributed by atoms with Crippen molar-refractivity contribution in [3.8, 4) is 11.5 Å². The molecule has 1 aromatic heterocycles. The Kier molecular flexibility index (Phi) is 4.94. The molecule has 1 N–H and O–H groups in total. The van der Waals surface area contributed by atoms with E-state index in [1.807, 2.05) is 19.1 Å². The van der Waals surface area contributed by atoms with Gasteiger partial charge < -0.3 is 14.8 Å². The van der Waals surface area contributed by atoms with Crippen LogP contribution in [0.3, 0.4) is 0 Å². The average molecular weight is 272 g/mol. The molecule has 1 aromatic carbocycles. The zero-order valence-corrected chi connectivity index (χ0v) is 11.2. The number of benzene rings is 1. The van der Waals surface area contributed by atoms with Crippen LogP contribution in [0.25, 0.3) is 0 Å². The van der Waals surface area contributed by atoms with E-state index in [2.05, 4.69) is 10.3 Å². The molecular weight excluding hydrogens is 256 g/mol. The van der Waals surface area contributed by atoms with Gasteiger partial charge in [0.25, 0.3) is 5.91 Å². The number of hydrogen-bond donors (Lipinski definition) is 1. The molecule has 0 fully saturated rings. The molecule has 0 saturated heterocycles. The molecule has 20 heavy (non-hydrogen) atoms. The summed E-state index contributed by atoms with van der Waals surface area (Å²) >= 11 is 0. The van der Waals surface area contributed by atoms with E-state index in [4.69, 9.17) is 9.47 Å². The Morgan fingerprint density at radius 2 is 2.05 bits per heavy atom. The number of amides is 1. The summed E-state index contributed by atoms with van der Waals surface area (Å²) in [4.78, 5) is 15.7. The summed E-state index contributed by atoms with van der Waals surface area (Å²) in [6, 6.07) is 10.8. The van der Waals surface area contributed by atoms with Crippen molar-refractivity contribution in [3.05, 3.63) is 48.8 Å². The topological polar surface area (TPSA) is 60.5 Å². The Balaban J connectivity index is 1.91. The molecule has 1 amide bonds. The van der Waals surface area contributed by atoms with Crippen LogP contribution in [0.4, 0.5) is 5.69 Å². The van der Waals surface area contributed by atoms with Crippen LogP contribution in [0.5, 0.6) is 11.5 Å². The molecule has 0 unspecified atom stereocenters. The normalized spacial score (nSPS) is 9.85.